The van der Waals surface area contributed by atoms with Gasteiger partial charge in [0.25, 0.3) is 0 Å². The second kappa shape index (κ2) is 20.9. The predicted octanol–water partition coefficient (Wildman–Crippen LogP) is 6.30. The molecule has 2 heterocycles. The van der Waals surface area contributed by atoms with E-state index in [9.17, 15) is 29.4 Å². The van der Waals surface area contributed by atoms with Crippen molar-refractivity contribution in [1.82, 2.24) is 35.7 Å². The fraction of sp³-hybridized carbons (Fsp3) is 0.455. The van der Waals surface area contributed by atoms with E-state index in [4.69, 9.17) is 0 Å². The Morgan fingerprint density at radius 1 is 0.862 bits per heavy atom. The Hall–Kier alpha value is -5.34. The summed E-state index contributed by atoms with van der Waals surface area (Å²) >= 11 is 1.50. The lowest BCUT2D eigenvalue weighted by Gasteiger charge is -2.37. The maximum atomic E-state index is 14.2. The maximum Gasteiger partial charge on any atom is 0.407 e. The summed E-state index contributed by atoms with van der Waals surface area (Å²) in [6.07, 6.45) is 0.515. The van der Waals surface area contributed by atoms with Crippen molar-refractivity contribution >= 4 is 35.3 Å². The number of likely N-dealkylation sites (N-methyl/N-ethyl adjacent to an activating group) is 1. The van der Waals surface area contributed by atoms with Gasteiger partial charge in [0.1, 0.15) is 12.1 Å². The first kappa shape index (κ1) is 45.4. The molecule has 312 valence electrons. The summed E-state index contributed by atoms with van der Waals surface area (Å²) in [6, 6.07) is 19.1. The number of nitrogens with one attached hydrogen (secondary N) is 3. The summed E-state index contributed by atoms with van der Waals surface area (Å²) in [5.74, 6) is -1.18. The third kappa shape index (κ3) is 13.1. The normalized spacial score (nSPS) is 14.6. The molecule has 1 unspecified atom stereocenters. The van der Waals surface area contributed by atoms with Crippen LogP contribution in [-0.4, -0.2) is 98.3 Å². The van der Waals surface area contributed by atoms with E-state index in [0.29, 0.717) is 12.8 Å². The van der Waals surface area contributed by atoms with Crippen LogP contribution >= 0.6 is 11.3 Å². The first-order valence-electron chi connectivity index (χ1n) is 19.7. The number of benzene rings is 2. The molecule has 0 aliphatic carbocycles. The Morgan fingerprint density at radius 2 is 1.52 bits per heavy atom. The monoisotopic (exact) mass is 813 g/mol. The van der Waals surface area contributed by atoms with Gasteiger partial charge in [-0.25, -0.2) is 14.6 Å². The fourth-order valence-electron chi connectivity index (χ4n) is 6.98. The summed E-state index contributed by atoms with van der Waals surface area (Å²) < 4.78 is 0. The Kier molecular flexibility index (Phi) is 16.3. The number of hydrogen-bond donors (Lipinski definition) is 5. The van der Waals surface area contributed by atoms with Crippen LogP contribution < -0.4 is 16.0 Å². The minimum Gasteiger partial charge on any atom is -0.465 e. The second-order valence-corrected chi connectivity index (χ2v) is 17.2. The summed E-state index contributed by atoms with van der Waals surface area (Å²) in [5.41, 5.74) is 3.47. The standard InChI is InChI=1S/C44H59N7O6S/c1-9-28(2)38(49-42(55)50(7)26-34-27-58-29(3)46-34)40(53)48-36(24-30-15-11-10-12-16-30)37(52)25-33(47-41(54)39(44(4,5)6)51(8)43(56)57)23-31-18-20-32(21-19-31)35-17-13-14-22-45-35/h10-22,27-28,33,36-39,52H,9,23-26H2,1-8H3,(H,47,54)(H,48,53)(H,49,55)(H,56,57)/t28?,33-,36-,37-,38-,39+/m0/s1. The lowest BCUT2D eigenvalue weighted by Crippen LogP contribution is -2.58. The molecule has 0 spiro atoms. The maximum absolute atomic E-state index is 14.2. The quantitative estimate of drug-likeness (QED) is 0.0778. The molecule has 58 heavy (non-hydrogen) atoms. The number of nitrogens with zero attached hydrogens (tertiary/aromatic N) is 4. The molecular weight excluding hydrogens is 755 g/mol. The first-order valence-corrected chi connectivity index (χ1v) is 20.6. The molecule has 0 saturated heterocycles. The van der Waals surface area contributed by atoms with Crippen LogP contribution in [0.4, 0.5) is 9.59 Å². The number of amides is 5. The van der Waals surface area contributed by atoms with E-state index in [0.717, 1.165) is 38.0 Å². The number of carboxylic acid groups (broad SMARTS) is 1. The molecule has 13 nitrogen and oxygen atoms in total. The van der Waals surface area contributed by atoms with E-state index < -0.39 is 59.6 Å². The highest BCUT2D eigenvalue weighted by atomic mass is 32.1. The molecule has 0 saturated carbocycles. The fourth-order valence-corrected chi connectivity index (χ4v) is 7.59. The van der Waals surface area contributed by atoms with Crippen LogP contribution in [0.1, 0.15) is 69.3 Å². The van der Waals surface area contributed by atoms with E-state index in [1.807, 2.05) is 98.9 Å². The smallest absolute Gasteiger partial charge is 0.407 e. The Bertz CT molecular complexity index is 1940. The molecule has 14 heteroatoms. The highest BCUT2D eigenvalue weighted by molar-refractivity contribution is 7.09. The third-order valence-electron chi connectivity index (χ3n) is 10.3. The van der Waals surface area contributed by atoms with Gasteiger partial charge in [-0.05, 0) is 60.8 Å². The summed E-state index contributed by atoms with van der Waals surface area (Å²) in [6.45, 7) is 11.4. The molecule has 0 fully saturated rings. The Balaban J connectivity index is 1.62. The van der Waals surface area contributed by atoms with Crippen molar-refractivity contribution in [1.29, 1.82) is 0 Å². The van der Waals surface area contributed by atoms with E-state index in [1.54, 1.807) is 34.0 Å². The van der Waals surface area contributed by atoms with Gasteiger partial charge >= 0.3 is 12.1 Å². The number of hydrogen-bond acceptors (Lipinski definition) is 8. The van der Waals surface area contributed by atoms with Gasteiger partial charge in [0.05, 0.1) is 35.1 Å². The Morgan fingerprint density at radius 3 is 2.09 bits per heavy atom. The van der Waals surface area contributed by atoms with Gasteiger partial charge in [0, 0.05) is 37.3 Å². The molecule has 4 aromatic rings. The number of aromatic nitrogens is 2. The molecule has 6 atom stereocenters. The number of urea groups is 1. The number of rotatable bonds is 18. The minimum absolute atomic E-state index is 0.0231. The minimum atomic E-state index is -1.24. The lowest BCUT2D eigenvalue weighted by atomic mass is 9.84. The predicted molar refractivity (Wildman–Crippen MR) is 227 cm³/mol. The van der Waals surface area contributed by atoms with Crippen LogP contribution in [0.5, 0.6) is 0 Å². The van der Waals surface area contributed by atoms with Crippen molar-refractivity contribution in [3.8, 4) is 11.3 Å². The van der Waals surface area contributed by atoms with Crippen molar-refractivity contribution in [3.05, 3.63) is 106 Å². The average molecular weight is 814 g/mol. The molecule has 0 bridgehead atoms. The highest BCUT2D eigenvalue weighted by Crippen LogP contribution is 2.26. The SMILES string of the molecule is CCC(C)[C@H](NC(=O)N(C)Cc1csc(C)n1)C(=O)N[C@@H](Cc1ccccc1)[C@@H](O)C[C@H](Cc1ccc(-c2ccccn2)cc1)NC(=O)[C@@H](N(C)C(=O)O)C(C)(C)C. The zero-order chi connectivity index (χ0) is 42.6. The number of carbonyl (C=O) groups excluding carboxylic acids is 3. The van der Waals surface area contributed by atoms with E-state index in [-0.39, 0.29) is 25.3 Å². The topological polar surface area (TPSA) is 177 Å². The first-order chi connectivity index (χ1) is 27.5. The third-order valence-corrected chi connectivity index (χ3v) is 11.1. The molecule has 2 aromatic carbocycles. The van der Waals surface area contributed by atoms with Gasteiger partial charge < -0.3 is 31.1 Å². The van der Waals surface area contributed by atoms with Gasteiger partial charge in [-0.15, -0.1) is 11.3 Å². The number of pyridine rings is 1. The van der Waals surface area contributed by atoms with E-state index >= 15 is 0 Å². The molecule has 0 aliphatic heterocycles. The number of aryl methyl sites for hydroxylation is 1. The lowest BCUT2D eigenvalue weighted by molar-refractivity contribution is -0.130. The Labute approximate surface area is 346 Å². The molecule has 0 aliphatic rings. The van der Waals surface area contributed by atoms with Crippen LogP contribution in [0.3, 0.4) is 0 Å². The molecule has 0 radical (unpaired) electrons. The van der Waals surface area contributed by atoms with Gasteiger partial charge in [-0.2, -0.15) is 0 Å². The van der Waals surface area contributed by atoms with Crippen LogP contribution in [0.15, 0.2) is 84.4 Å². The zero-order valence-electron chi connectivity index (χ0n) is 34.8. The number of aliphatic hydroxyl groups is 1. The summed E-state index contributed by atoms with van der Waals surface area (Å²) in [7, 11) is 3.02. The van der Waals surface area contributed by atoms with E-state index in [2.05, 4.69) is 25.9 Å². The molecule has 5 amide bonds. The summed E-state index contributed by atoms with van der Waals surface area (Å²) in [5, 5.41) is 33.8. The van der Waals surface area contributed by atoms with Crippen LogP contribution in [-0.2, 0) is 29.0 Å². The summed E-state index contributed by atoms with van der Waals surface area (Å²) in [4.78, 5) is 65.1. The molecule has 4 rings (SSSR count). The number of carbonyl (C=O) groups is 4. The van der Waals surface area contributed by atoms with Crippen molar-refractivity contribution in [2.24, 2.45) is 11.3 Å². The molecule has 5 N–H and O–H groups in total. The van der Waals surface area contributed by atoms with Gasteiger partial charge in [-0.3, -0.25) is 19.5 Å². The second-order valence-electron chi connectivity index (χ2n) is 16.1. The van der Waals surface area contributed by atoms with Crippen molar-refractivity contribution in [3.63, 3.8) is 0 Å². The van der Waals surface area contributed by atoms with E-state index in [1.165, 1.54) is 23.3 Å². The van der Waals surface area contributed by atoms with Gasteiger partial charge in [0.15, 0.2) is 0 Å². The number of aliphatic hydroxyl groups excluding tert-OH is 1. The van der Waals surface area contributed by atoms with Crippen molar-refractivity contribution in [2.75, 3.05) is 14.1 Å². The average Bonchev–Trinajstić information content (AvgIpc) is 3.60. The van der Waals surface area contributed by atoms with Crippen molar-refractivity contribution < 1.29 is 29.4 Å². The zero-order valence-corrected chi connectivity index (χ0v) is 35.6. The van der Waals surface area contributed by atoms with Crippen LogP contribution in [0, 0.1) is 18.3 Å². The highest BCUT2D eigenvalue weighted by Gasteiger charge is 2.39. The largest absolute Gasteiger partial charge is 0.465 e. The molecular formula is C44H59N7O6S. The van der Waals surface area contributed by atoms with Crippen LogP contribution in [0.2, 0.25) is 0 Å². The molecule has 2 aromatic heterocycles. The van der Waals surface area contributed by atoms with Gasteiger partial charge in [-0.1, -0.05) is 102 Å². The van der Waals surface area contributed by atoms with Crippen molar-refractivity contribution in [2.45, 2.75) is 104 Å². The van der Waals surface area contributed by atoms with Crippen LogP contribution in [0.25, 0.3) is 11.3 Å². The number of thiazole rings is 1. The van der Waals surface area contributed by atoms with Gasteiger partial charge in [0.2, 0.25) is 11.8 Å².